The molecule has 0 saturated heterocycles. The fraction of sp³-hybridized carbons (Fsp3) is 0.707. The maximum absolute atomic E-state index is 9.76. The van der Waals surface area contributed by atoms with Crippen LogP contribution < -0.4 is 0 Å². The van der Waals surface area contributed by atoms with Crippen LogP contribution in [0, 0.1) is 59.3 Å². The second-order valence-corrected chi connectivity index (χ2v) is 48.4. The zero-order valence-corrected chi connectivity index (χ0v) is 90.0. The first-order chi connectivity index (χ1) is 60.0. The first-order valence-electron chi connectivity index (χ1n) is 53.5. The van der Waals surface area contributed by atoms with Gasteiger partial charge in [-0.1, -0.05) is 578 Å². The van der Waals surface area contributed by atoms with Crippen LogP contribution >= 0.6 is 8.60 Å². The van der Waals surface area contributed by atoms with E-state index in [1.165, 1.54) is 351 Å². The van der Waals surface area contributed by atoms with Gasteiger partial charge in [0.1, 0.15) is 16.8 Å². The SMILES string of the molecule is CCCCCCCCCCCCCCCCC(C)C(OP(OC(c1ccc(C)cc1C(C)(C)C)(c1ccc(C)cc1C(C)(C)C)C(C)CCCCCCCCCCCCCCCC)OC(c1ccc(C)cc1C(C)(C)C)(c1ccc(C)cc1C(C)(C)C)C(C)CCCCCCCCCCCCCCCC)(c1ccc(C)cc1C(C)(C)C)c1ccc(C)cc1C(C)(C)C. The normalized spacial score (nSPS) is 14.0. The van der Waals surface area contributed by atoms with Crippen molar-refractivity contribution < 1.29 is 13.6 Å². The predicted molar refractivity (Wildman–Crippen MR) is 564 cm³/mol. The molecular formula is C123H201O3P. The van der Waals surface area contributed by atoms with Crippen LogP contribution in [0.2, 0.25) is 0 Å². The minimum Gasteiger partial charge on any atom is -0.295 e. The standard InChI is InChI=1S/C123H201O3P/c1-31-34-37-40-43-46-49-52-55-58-61-64-67-70-73-100(10)121(103-82-76-94(4)88-109(103)115(13,14)15,104-83-77-95(5)89-110(104)116(16,17)18)124-127(125-122(105-84-78-96(6)90-111(105)117(19,20)21,106-85-79-97(7)91-112(106)118(22,23)24)101(11)74-71-68-65-62-59-56-53-50-47-44-41-38-35-32-2)126-123(107-86-80-98(8)92-113(107)119(25,26)27,108-87-81-99(9)93-114(108)120(28,29)30)102(12)75-72-69-66-63-60-57-54-51-48-45-42-39-36-33-3/h76-93,100-102H,31-75H2,1-30H3. The van der Waals surface area contributed by atoms with Crippen molar-refractivity contribution in [3.05, 3.63) is 209 Å². The molecule has 716 valence electrons. The maximum atomic E-state index is 9.76. The Bertz CT molecular complexity index is 3470. The maximum Gasteiger partial charge on any atom is 0.336 e. The van der Waals surface area contributed by atoms with Crippen LogP contribution in [0.1, 0.15) is 555 Å². The van der Waals surface area contributed by atoms with E-state index in [0.29, 0.717) is 0 Å². The van der Waals surface area contributed by atoms with E-state index in [1.807, 2.05) is 0 Å². The molecule has 4 heteroatoms. The van der Waals surface area contributed by atoms with Crippen LogP contribution in [0.4, 0.5) is 0 Å². The molecule has 0 bridgehead atoms. The van der Waals surface area contributed by atoms with E-state index in [1.54, 1.807) is 0 Å². The molecule has 3 atom stereocenters. The number of hydrogen-bond donors (Lipinski definition) is 0. The molecule has 127 heavy (non-hydrogen) atoms. The summed E-state index contributed by atoms with van der Waals surface area (Å²) in [6.07, 6.45) is 58.3. The Labute approximate surface area is 790 Å². The first kappa shape index (κ1) is 111. The second-order valence-electron chi connectivity index (χ2n) is 47.4. The zero-order chi connectivity index (χ0) is 93.9. The van der Waals surface area contributed by atoms with Crippen LogP contribution in [0.15, 0.2) is 109 Å². The average molecular weight is 1760 g/mol. The summed E-state index contributed by atoms with van der Waals surface area (Å²) in [6, 6.07) is 45.1. The summed E-state index contributed by atoms with van der Waals surface area (Å²) >= 11 is 0. The van der Waals surface area contributed by atoms with Crippen molar-refractivity contribution in [1.82, 2.24) is 0 Å². The minimum atomic E-state index is -2.61. The molecule has 6 aromatic rings. The van der Waals surface area contributed by atoms with Gasteiger partial charge in [0.2, 0.25) is 0 Å². The highest BCUT2D eigenvalue weighted by molar-refractivity contribution is 7.41. The lowest BCUT2D eigenvalue weighted by atomic mass is 9.66. The fourth-order valence-corrected chi connectivity index (χ4v) is 23.1. The van der Waals surface area contributed by atoms with Crippen molar-refractivity contribution in [2.24, 2.45) is 17.8 Å². The second kappa shape index (κ2) is 53.7. The molecule has 6 rings (SSSR count). The highest BCUT2D eigenvalue weighted by Crippen LogP contribution is 2.68. The number of rotatable bonds is 60. The van der Waals surface area contributed by atoms with Gasteiger partial charge in [0.25, 0.3) is 0 Å². The summed E-state index contributed by atoms with van der Waals surface area (Å²) in [5.41, 5.74) is 17.5. The lowest BCUT2D eigenvalue weighted by Gasteiger charge is -2.52. The molecule has 0 saturated carbocycles. The topological polar surface area (TPSA) is 27.7 Å². The quantitative estimate of drug-likeness (QED) is 0.0281. The molecule has 0 heterocycles. The molecule has 0 aliphatic rings. The van der Waals surface area contributed by atoms with Crippen LogP contribution in [0.3, 0.4) is 0 Å². The highest BCUT2D eigenvalue weighted by Gasteiger charge is 2.58. The van der Waals surface area contributed by atoms with Gasteiger partial charge in [-0.3, -0.25) is 13.6 Å². The van der Waals surface area contributed by atoms with Crippen molar-refractivity contribution in [2.45, 2.75) is 546 Å². The summed E-state index contributed by atoms with van der Waals surface area (Å²) in [7, 11) is -2.61. The number of hydrogen-bond acceptors (Lipinski definition) is 3. The largest absolute Gasteiger partial charge is 0.336 e. The Morgan fingerprint density at radius 3 is 0.441 bits per heavy atom. The molecule has 6 aromatic carbocycles. The Morgan fingerprint density at radius 1 is 0.189 bits per heavy atom. The van der Waals surface area contributed by atoms with Crippen molar-refractivity contribution in [3.63, 3.8) is 0 Å². The Hall–Kier alpha value is -4.37. The summed E-state index contributed by atoms with van der Waals surface area (Å²) < 4.78 is 29.3. The number of benzene rings is 6. The molecule has 0 radical (unpaired) electrons. The van der Waals surface area contributed by atoms with E-state index in [2.05, 4.69) is 317 Å². The van der Waals surface area contributed by atoms with Gasteiger partial charge in [-0.15, -0.1) is 0 Å². The van der Waals surface area contributed by atoms with Gasteiger partial charge in [-0.05, 0) is 178 Å². The zero-order valence-electron chi connectivity index (χ0n) is 89.1. The molecule has 0 aliphatic carbocycles. The molecule has 3 nitrogen and oxygen atoms in total. The lowest BCUT2D eigenvalue weighted by Crippen LogP contribution is -2.46. The Balaban J connectivity index is 1.84. The van der Waals surface area contributed by atoms with E-state index in [4.69, 9.17) is 0 Å². The van der Waals surface area contributed by atoms with Crippen LogP contribution in [0.25, 0.3) is 0 Å². The predicted octanol–water partition coefficient (Wildman–Crippen LogP) is 40.3. The summed E-state index contributed by atoms with van der Waals surface area (Å²) in [5.74, 6) is -0.243. The first-order valence-corrected chi connectivity index (χ1v) is 54.6. The Kier molecular flexibility index (Phi) is 47.0. The van der Waals surface area contributed by atoms with Crippen LogP contribution in [0.5, 0.6) is 0 Å². The number of unbranched alkanes of at least 4 members (excludes halogenated alkanes) is 39. The molecule has 0 N–H and O–H groups in total. The molecule has 3 unspecified atom stereocenters. The smallest absolute Gasteiger partial charge is 0.295 e. The third-order valence-electron chi connectivity index (χ3n) is 29.0. The van der Waals surface area contributed by atoms with Crippen molar-refractivity contribution in [1.29, 1.82) is 0 Å². The molecule has 0 amide bonds. The molecule has 0 aromatic heterocycles. The summed E-state index contributed by atoms with van der Waals surface area (Å²) in [4.78, 5) is 0. The average Bonchev–Trinajstić information content (AvgIpc) is 0.708. The van der Waals surface area contributed by atoms with Crippen molar-refractivity contribution in [3.8, 4) is 0 Å². The summed E-state index contributed by atoms with van der Waals surface area (Å²) in [6.45, 7) is 73.1. The molecule has 0 fully saturated rings. The van der Waals surface area contributed by atoms with Crippen molar-refractivity contribution in [2.75, 3.05) is 0 Å². The van der Waals surface area contributed by atoms with E-state index < -0.39 is 25.4 Å². The van der Waals surface area contributed by atoms with Crippen molar-refractivity contribution >= 4 is 8.60 Å². The van der Waals surface area contributed by atoms with Crippen LogP contribution in [-0.2, 0) is 62.9 Å². The van der Waals surface area contributed by atoms with Gasteiger partial charge in [0.05, 0.1) is 0 Å². The van der Waals surface area contributed by atoms with Gasteiger partial charge in [0, 0.05) is 0 Å². The van der Waals surface area contributed by atoms with Gasteiger partial charge in [0.15, 0.2) is 0 Å². The molecular weight excluding hydrogens is 1560 g/mol. The van der Waals surface area contributed by atoms with Gasteiger partial charge >= 0.3 is 8.60 Å². The lowest BCUT2D eigenvalue weighted by molar-refractivity contribution is -0.0641. The third-order valence-corrected chi connectivity index (χ3v) is 30.3. The van der Waals surface area contributed by atoms with E-state index in [0.717, 1.165) is 38.5 Å². The monoisotopic (exact) mass is 1760 g/mol. The molecule has 0 aliphatic heterocycles. The highest BCUT2D eigenvalue weighted by atomic mass is 31.2. The van der Waals surface area contributed by atoms with Crippen LogP contribution in [-0.4, -0.2) is 0 Å². The van der Waals surface area contributed by atoms with Gasteiger partial charge < -0.3 is 0 Å². The van der Waals surface area contributed by atoms with Gasteiger partial charge in [-0.25, -0.2) is 0 Å². The third kappa shape index (κ3) is 33.9. The number of aryl methyl sites for hydroxylation is 6. The summed E-state index contributed by atoms with van der Waals surface area (Å²) in [5, 5.41) is 0. The minimum absolute atomic E-state index is 0.0811. The fourth-order valence-electron chi connectivity index (χ4n) is 21.2. The van der Waals surface area contributed by atoms with E-state index in [9.17, 15) is 13.6 Å². The Morgan fingerprint density at radius 2 is 0.315 bits per heavy atom. The molecule has 0 spiro atoms. The van der Waals surface area contributed by atoms with E-state index in [-0.39, 0.29) is 50.2 Å². The van der Waals surface area contributed by atoms with Gasteiger partial charge in [-0.2, -0.15) is 0 Å². The van der Waals surface area contributed by atoms with E-state index >= 15 is 0 Å².